The number of carbonyl (C=O) groups is 1. The molecule has 0 bridgehead atoms. The van der Waals surface area contributed by atoms with E-state index in [0.29, 0.717) is 6.42 Å². The average molecular weight is 204 g/mol. The van der Waals surface area contributed by atoms with Gasteiger partial charge in [-0.2, -0.15) is 0 Å². The molecule has 0 fully saturated rings. The summed E-state index contributed by atoms with van der Waals surface area (Å²) in [6.07, 6.45) is 0.0132. The maximum absolute atomic E-state index is 11.1. The van der Waals surface area contributed by atoms with Crippen LogP contribution in [-0.2, 0) is 14.3 Å². The molecular weight excluding hydrogens is 184 g/mol. The summed E-state index contributed by atoms with van der Waals surface area (Å²) in [5.74, 6) is -0.391. The number of nitrogens with two attached hydrogens (primary N) is 1. The molecule has 0 aromatic carbocycles. The summed E-state index contributed by atoms with van der Waals surface area (Å²) in [7, 11) is 3.06. The highest BCUT2D eigenvalue weighted by atomic mass is 16.7. The summed E-state index contributed by atoms with van der Waals surface area (Å²) >= 11 is 0. The Morgan fingerprint density at radius 3 is 2.14 bits per heavy atom. The molecule has 0 spiro atoms. The third kappa shape index (κ3) is 5.16. The van der Waals surface area contributed by atoms with Crippen LogP contribution < -0.4 is 11.1 Å². The number of primary amides is 1. The molecule has 1 amide bonds. The van der Waals surface area contributed by atoms with Gasteiger partial charge in [-0.3, -0.25) is 4.79 Å². The maximum atomic E-state index is 11.1. The summed E-state index contributed by atoms with van der Waals surface area (Å²) in [6, 6.07) is -0.221. The van der Waals surface area contributed by atoms with Crippen molar-refractivity contribution in [2.45, 2.75) is 38.6 Å². The molecular formula is C9H20N2O3. The SMILES string of the molecule is COC(CC(NC(C)C)C(N)=O)OC. The van der Waals surface area contributed by atoms with Gasteiger partial charge in [0.25, 0.3) is 0 Å². The highest BCUT2D eigenvalue weighted by molar-refractivity contribution is 5.79. The summed E-state index contributed by atoms with van der Waals surface area (Å²) in [4.78, 5) is 11.1. The van der Waals surface area contributed by atoms with Crippen LogP contribution in [0.3, 0.4) is 0 Å². The molecule has 0 heterocycles. The Balaban J connectivity index is 4.14. The third-order valence-electron chi connectivity index (χ3n) is 1.83. The molecule has 3 N–H and O–H groups in total. The molecule has 84 valence electrons. The van der Waals surface area contributed by atoms with Crippen molar-refractivity contribution in [1.82, 2.24) is 5.32 Å². The van der Waals surface area contributed by atoms with Crippen LogP contribution >= 0.6 is 0 Å². The van der Waals surface area contributed by atoms with Gasteiger partial charge in [0.05, 0.1) is 6.04 Å². The first-order chi connectivity index (χ1) is 6.51. The first kappa shape index (κ1) is 13.4. The van der Waals surface area contributed by atoms with Gasteiger partial charge in [-0.15, -0.1) is 0 Å². The van der Waals surface area contributed by atoms with Crippen LogP contribution in [0, 0.1) is 0 Å². The molecule has 1 atom stereocenters. The lowest BCUT2D eigenvalue weighted by molar-refractivity contribution is -0.130. The molecule has 0 aromatic rings. The largest absolute Gasteiger partial charge is 0.368 e. The third-order valence-corrected chi connectivity index (χ3v) is 1.83. The monoisotopic (exact) mass is 204 g/mol. The number of hydrogen-bond donors (Lipinski definition) is 2. The molecule has 0 aromatic heterocycles. The summed E-state index contributed by atoms with van der Waals surface area (Å²) in [5.41, 5.74) is 5.23. The summed E-state index contributed by atoms with van der Waals surface area (Å²) in [6.45, 7) is 3.90. The van der Waals surface area contributed by atoms with Crippen LogP contribution in [0.4, 0.5) is 0 Å². The first-order valence-corrected chi connectivity index (χ1v) is 4.62. The molecule has 0 aliphatic carbocycles. The second-order valence-electron chi connectivity index (χ2n) is 3.41. The lowest BCUT2D eigenvalue weighted by atomic mass is 10.1. The van der Waals surface area contributed by atoms with Gasteiger partial charge in [0, 0.05) is 26.7 Å². The van der Waals surface area contributed by atoms with Crippen LogP contribution in [-0.4, -0.2) is 38.5 Å². The first-order valence-electron chi connectivity index (χ1n) is 4.62. The van der Waals surface area contributed by atoms with E-state index in [4.69, 9.17) is 15.2 Å². The van der Waals surface area contributed by atoms with E-state index in [9.17, 15) is 4.79 Å². The Morgan fingerprint density at radius 2 is 1.86 bits per heavy atom. The normalized spacial score (nSPS) is 13.6. The van der Waals surface area contributed by atoms with Crippen molar-refractivity contribution in [2.75, 3.05) is 14.2 Å². The van der Waals surface area contributed by atoms with Crippen LogP contribution in [0.15, 0.2) is 0 Å². The van der Waals surface area contributed by atoms with Gasteiger partial charge < -0.3 is 20.5 Å². The van der Waals surface area contributed by atoms with Crippen molar-refractivity contribution in [3.63, 3.8) is 0 Å². The summed E-state index contributed by atoms with van der Waals surface area (Å²) < 4.78 is 9.98. The molecule has 14 heavy (non-hydrogen) atoms. The molecule has 5 heteroatoms. The fraction of sp³-hybridized carbons (Fsp3) is 0.889. The van der Waals surface area contributed by atoms with Crippen LogP contribution in [0.5, 0.6) is 0 Å². The van der Waals surface area contributed by atoms with E-state index in [2.05, 4.69) is 5.32 Å². The average Bonchev–Trinajstić information content (AvgIpc) is 2.11. The van der Waals surface area contributed by atoms with E-state index in [1.807, 2.05) is 13.8 Å². The Morgan fingerprint density at radius 1 is 1.36 bits per heavy atom. The Bertz CT molecular complexity index is 169. The Hall–Kier alpha value is -0.650. The second-order valence-corrected chi connectivity index (χ2v) is 3.41. The van der Waals surface area contributed by atoms with Crippen molar-refractivity contribution in [2.24, 2.45) is 5.73 Å². The predicted octanol–water partition coefficient (Wildman–Crippen LogP) is -0.153. The predicted molar refractivity (Wildman–Crippen MR) is 53.7 cm³/mol. The zero-order chi connectivity index (χ0) is 11.1. The molecule has 5 nitrogen and oxygen atoms in total. The van der Waals surface area contributed by atoms with Crippen LogP contribution in [0.2, 0.25) is 0 Å². The van der Waals surface area contributed by atoms with E-state index in [1.165, 1.54) is 14.2 Å². The van der Waals surface area contributed by atoms with Crippen molar-refractivity contribution in [1.29, 1.82) is 0 Å². The fourth-order valence-corrected chi connectivity index (χ4v) is 1.15. The lowest BCUT2D eigenvalue weighted by Gasteiger charge is -2.22. The van der Waals surface area contributed by atoms with Gasteiger partial charge in [0.1, 0.15) is 0 Å². The fourth-order valence-electron chi connectivity index (χ4n) is 1.15. The minimum Gasteiger partial charge on any atom is -0.368 e. The van der Waals surface area contributed by atoms with Crippen LogP contribution in [0.1, 0.15) is 20.3 Å². The highest BCUT2D eigenvalue weighted by Gasteiger charge is 2.20. The second kappa shape index (κ2) is 6.75. The van der Waals surface area contributed by atoms with Crippen molar-refractivity contribution in [3.8, 4) is 0 Å². The molecule has 1 unspecified atom stereocenters. The zero-order valence-electron chi connectivity index (χ0n) is 9.24. The van der Waals surface area contributed by atoms with E-state index in [0.717, 1.165) is 0 Å². The Labute approximate surface area is 84.9 Å². The Kier molecular flexibility index (Phi) is 6.44. The van der Waals surface area contributed by atoms with Crippen molar-refractivity contribution < 1.29 is 14.3 Å². The van der Waals surface area contributed by atoms with Crippen LogP contribution in [0.25, 0.3) is 0 Å². The summed E-state index contributed by atoms with van der Waals surface area (Å²) in [5, 5.41) is 3.04. The van der Waals surface area contributed by atoms with Gasteiger partial charge in [0.2, 0.25) is 5.91 Å². The number of hydrogen-bond acceptors (Lipinski definition) is 4. The van der Waals surface area contributed by atoms with Gasteiger partial charge in [0.15, 0.2) is 6.29 Å². The zero-order valence-corrected chi connectivity index (χ0v) is 9.24. The molecule has 0 saturated heterocycles. The lowest BCUT2D eigenvalue weighted by Crippen LogP contribution is -2.46. The molecule has 0 rings (SSSR count). The van der Waals surface area contributed by atoms with Crippen molar-refractivity contribution >= 4 is 5.91 Å². The van der Waals surface area contributed by atoms with E-state index in [1.54, 1.807) is 0 Å². The minimum absolute atomic E-state index is 0.196. The molecule has 0 radical (unpaired) electrons. The topological polar surface area (TPSA) is 73.6 Å². The van der Waals surface area contributed by atoms with Gasteiger partial charge in [-0.1, -0.05) is 13.8 Å². The quantitative estimate of drug-likeness (QED) is 0.565. The molecule has 0 saturated carbocycles. The number of methoxy groups -OCH3 is 2. The smallest absolute Gasteiger partial charge is 0.234 e. The number of carbonyl (C=O) groups excluding carboxylic acids is 1. The van der Waals surface area contributed by atoms with Gasteiger partial charge in [-0.05, 0) is 0 Å². The van der Waals surface area contributed by atoms with E-state index >= 15 is 0 Å². The minimum atomic E-state index is -0.417. The number of amides is 1. The maximum Gasteiger partial charge on any atom is 0.234 e. The standard InChI is InChI=1S/C9H20N2O3/c1-6(2)11-7(9(10)12)5-8(13-3)14-4/h6-8,11H,5H2,1-4H3,(H2,10,12). The number of nitrogens with one attached hydrogen (secondary N) is 1. The number of ether oxygens (including phenoxy) is 2. The number of rotatable bonds is 7. The highest BCUT2D eigenvalue weighted by Crippen LogP contribution is 2.03. The van der Waals surface area contributed by atoms with Crippen molar-refractivity contribution in [3.05, 3.63) is 0 Å². The van der Waals surface area contributed by atoms with E-state index in [-0.39, 0.29) is 6.04 Å². The van der Waals surface area contributed by atoms with Gasteiger partial charge in [-0.25, -0.2) is 0 Å². The van der Waals surface area contributed by atoms with E-state index < -0.39 is 18.2 Å². The molecule has 0 aliphatic rings. The molecule has 0 aliphatic heterocycles. The van der Waals surface area contributed by atoms with Gasteiger partial charge >= 0.3 is 0 Å².